The summed E-state index contributed by atoms with van der Waals surface area (Å²) in [5, 5.41) is 2.92. The van der Waals surface area contributed by atoms with Crippen LogP contribution in [-0.2, 0) is 11.2 Å². The monoisotopic (exact) mass is 440 g/mol. The highest BCUT2D eigenvalue weighted by molar-refractivity contribution is 5.94. The Hall–Kier alpha value is -2.60. The molecule has 4 rings (SSSR count). The molecule has 2 aromatic rings. The Morgan fingerprint density at radius 1 is 1.16 bits per heavy atom. The number of carbonyl (C=O) groups excluding carboxylic acids is 1. The SMILES string of the molecule is CCN(CCCCOc1ccc2c(c1)NC(=O)CC2)C[C@@H]1C[C@H]1c1cc(F)ccc1OC. The van der Waals surface area contributed by atoms with Crippen LogP contribution in [-0.4, -0.2) is 44.2 Å². The summed E-state index contributed by atoms with van der Waals surface area (Å²) in [6.45, 7) is 5.93. The molecule has 1 amide bonds. The van der Waals surface area contributed by atoms with Gasteiger partial charge in [0.25, 0.3) is 0 Å². The second kappa shape index (κ2) is 10.3. The van der Waals surface area contributed by atoms with E-state index in [1.54, 1.807) is 19.2 Å². The number of fused-ring (bicyclic) bond motifs is 1. The number of aryl methyl sites for hydroxylation is 1. The zero-order valence-electron chi connectivity index (χ0n) is 19.0. The van der Waals surface area contributed by atoms with Crippen molar-refractivity contribution in [2.75, 3.05) is 38.7 Å². The predicted octanol–water partition coefficient (Wildman–Crippen LogP) is 5.00. The third-order valence-corrected chi connectivity index (χ3v) is 6.57. The molecular formula is C26H33FN2O3. The summed E-state index contributed by atoms with van der Waals surface area (Å²) in [6.07, 6.45) is 4.48. The standard InChI is InChI=1S/C26H33FN2O3/c1-3-29(17-19-14-22(19)23-15-20(27)8-10-25(23)31-2)12-4-5-13-32-21-9-6-18-7-11-26(30)28-24(18)16-21/h6,8-10,15-16,19,22H,3-5,7,11-14,17H2,1-2H3,(H,28,30)/t19-,22+/m0/s1. The van der Waals surface area contributed by atoms with E-state index in [-0.39, 0.29) is 11.7 Å². The summed E-state index contributed by atoms with van der Waals surface area (Å²) < 4.78 is 25.0. The van der Waals surface area contributed by atoms with Crippen LogP contribution in [0.5, 0.6) is 11.5 Å². The van der Waals surface area contributed by atoms with Crippen LogP contribution in [0.25, 0.3) is 0 Å². The molecule has 1 heterocycles. The highest BCUT2D eigenvalue weighted by Crippen LogP contribution is 2.50. The van der Waals surface area contributed by atoms with Gasteiger partial charge in [-0.25, -0.2) is 4.39 Å². The summed E-state index contributed by atoms with van der Waals surface area (Å²) >= 11 is 0. The van der Waals surface area contributed by atoms with Crippen molar-refractivity contribution in [3.63, 3.8) is 0 Å². The second-order valence-electron chi connectivity index (χ2n) is 8.80. The number of nitrogens with one attached hydrogen (secondary N) is 1. The molecule has 2 atom stereocenters. The van der Waals surface area contributed by atoms with E-state index in [2.05, 4.69) is 17.1 Å². The fourth-order valence-electron chi connectivity index (χ4n) is 4.60. The Morgan fingerprint density at radius 2 is 2.03 bits per heavy atom. The molecule has 1 aliphatic carbocycles. The van der Waals surface area contributed by atoms with Crippen LogP contribution in [0.2, 0.25) is 0 Å². The van der Waals surface area contributed by atoms with Crippen molar-refractivity contribution in [3.05, 3.63) is 53.3 Å². The van der Waals surface area contributed by atoms with Gasteiger partial charge in [-0.15, -0.1) is 0 Å². The molecule has 0 saturated heterocycles. The summed E-state index contributed by atoms with van der Waals surface area (Å²) in [4.78, 5) is 14.1. The van der Waals surface area contributed by atoms with E-state index < -0.39 is 0 Å². The number of rotatable bonds is 11. The van der Waals surface area contributed by atoms with E-state index in [1.165, 1.54) is 11.6 Å². The number of hydrogen-bond acceptors (Lipinski definition) is 4. The minimum atomic E-state index is -0.194. The third kappa shape index (κ3) is 5.60. The van der Waals surface area contributed by atoms with Gasteiger partial charge in [0.2, 0.25) is 5.91 Å². The molecule has 172 valence electrons. The Labute approximate surface area is 189 Å². The second-order valence-corrected chi connectivity index (χ2v) is 8.80. The van der Waals surface area contributed by atoms with Crippen LogP contribution in [0.3, 0.4) is 0 Å². The van der Waals surface area contributed by atoms with Crippen LogP contribution in [0.1, 0.15) is 49.7 Å². The minimum Gasteiger partial charge on any atom is -0.496 e. The fourth-order valence-corrected chi connectivity index (χ4v) is 4.60. The van der Waals surface area contributed by atoms with E-state index in [1.807, 2.05) is 18.2 Å². The first-order valence-corrected chi connectivity index (χ1v) is 11.7. The summed E-state index contributed by atoms with van der Waals surface area (Å²) in [5.41, 5.74) is 3.05. The fraction of sp³-hybridized carbons (Fsp3) is 0.500. The molecule has 0 spiro atoms. The molecular weight excluding hydrogens is 407 g/mol. The average molecular weight is 441 g/mol. The Kier molecular flexibility index (Phi) is 7.30. The Bertz CT molecular complexity index is 949. The number of benzene rings is 2. The highest BCUT2D eigenvalue weighted by atomic mass is 19.1. The lowest BCUT2D eigenvalue weighted by atomic mass is 10.0. The van der Waals surface area contributed by atoms with Crippen LogP contribution in [0.4, 0.5) is 10.1 Å². The quantitative estimate of drug-likeness (QED) is 0.500. The Balaban J connectivity index is 1.18. The van der Waals surface area contributed by atoms with Crippen molar-refractivity contribution in [1.82, 2.24) is 4.90 Å². The maximum absolute atomic E-state index is 13.7. The zero-order chi connectivity index (χ0) is 22.5. The first kappa shape index (κ1) is 22.6. The van der Waals surface area contributed by atoms with Gasteiger partial charge in [-0.3, -0.25) is 4.79 Å². The lowest BCUT2D eigenvalue weighted by Gasteiger charge is -2.21. The smallest absolute Gasteiger partial charge is 0.224 e. The molecule has 2 aliphatic rings. The lowest BCUT2D eigenvalue weighted by Crippen LogP contribution is -2.27. The van der Waals surface area contributed by atoms with Crippen molar-refractivity contribution >= 4 is 11.6 Å². The van der Waals surface area contributed by atoms with Crippen molar-refractivity contribution in [1.29, 1.82) is 0 Å². The van der Waals surface area contributed by atoms with Crippen LogP contribution >= 0.6 is 0 Å². The van der Waals surface area contributed by atoms with E-state index in [4.69, 9.17) is 9.47 Å². The molecule has 0 unspecified atom stereocenters. The molecule has 0 bridgehead atoms. The molecule has 0 aromatic heterocycles. The van der Waals surface area contributed by atoms with Crippen molar-refractivity contribution < 1.29 is 18.7 Å². The zero-order valence-corrected chi connectivity index (χ0v) is 19.0. The average Bonchev–Trinajstić information content (AvgIpc) is 3.56. The predicted molar refractivity (Wildman–Crippen MR) is 124 cm³/mol. The first-order valence-electron chi connectivity index (χ1n) is 11.7. The summed E-state index contributed by atoms with van der Waals surface area (Å²) in [6, 6.07) is 10.8. The number of anilines is 1. The normalized spacial score (nSPS) is 19.4. The van der Waals surface area contributed by atoms with Crippen LogP contribution < -0.4 is 14.8 Å². The van der Waals surface area contributed by atoms with Gasteiger partial charge in [-0.05, 0) is 80.4 Å². The van der Waals surface area contributed by atoms with Gasteiger partial charge in [0.15, 0.2) is 0 Å². The van der Waals surface area contributed by atoms with Crippen molar-refractivity contribution in [2.24, 2.45) is 5.92 Å². The maximum atomic E-state index is 13.7. The molecule has 1 aliphatic heterocycles. The maximum Gasteiger partial charge on any atom is 0.224 e. The molecule has 32 heavy (non-hydrogen) atoms. The van der Waals surface area contributed by atoms with Gasteiger partial charge in [0.1, 0.15) is 17.3 Å². The summed E-state index contributed by atoms with van der Waals surface area (Å²) in [5.74, 6) is 2.43. The molecule has 1 N–H and O–H groups in total. The number of methoxy groups -OCH3 is 1. The topological polar surface area (TPSA) is 50.8 Å². The molecule has 2 aromatic carbocycles. The van der Waals surface area contributed by atoms with E-state index >= 15 is 0 Å². The van der Waals surface area contributed by atoms with Gasteiger partial charge in [-0.2, -0.15) is 0 Å². The highest BCUT2D eigenvalue weighted by Gasteiger charge is 2.40. The largest absolute Gasteiger partial charge is 0.496 e. The van der Waals surface area contributed by atoms with Crippen LogP contribution in [0.15, 0.2) is 36.4 Å². The summed E-state index contributed by atoms with van der Waals surface area (Å²) in [7, 11) is 1.65. The molecule has 5 nitrogen and oxygen atoms in total. The minimum absolute atomic E-state index is 0.0723. The van der Waals surface area contributed by atoms with E-state index in [9.17, 15) is 9.18 Å². The number of unbranched alkanes of at least 4 members (excludes halogenated alkanes) is 1. The van der Waals surface area contributed by atoms with Gasteiger partial charge in [0, 0.05) is 30.3 Å². The van der Waals surface area contributed by atoms with Crippen molar-refractivity contribution in [2.45, 2.75) is 44.9 Å². The molecule has 6 heteroatoms. The molecule has 0 radical (unpaired) electrons. The van der Waals surface area contributed by atoms with E-state index in [0.29, 0.717) is 24.9 Å². The van der Waals surface area contributed by atoms with Gasteiger partial charge in [0.05, 0.1) is 13.7 Å². The van der Waals surface area contributed by atoms with Gasteiger partial charge < -0.3 is 19.7 Å². The number of halogens is 1. The number of hydrogen-bond donors (Lipinski definition) is 1. The number of amides is 1. The number of carbonyl (C=O) groups is 1. The molecule has 1 fully saturated rings. The van der Waals surface area contributed by atoms with Gasteiger partial charge in [-0.1, -0.05) is 13.0 Å². The number of ether oxygens (including phenoxy) is 2. The molecule has 1 saturated carbocycles. The van der Waals surface area contributed by atoms with E-state index in [0.717, 1.165) is 68.1 Å². The lowest BCUT2D eigenvalue weighted by molar-refractivity contribution is -0.116. The van der Waals surface area contributed by atoms with Crippen LogP contribution in [0, 0.1) is 11.7 Å². The number of nitrogens with zero attached hydrogens (tertiary/aromatic N) is 1. The first-order chi connectivity index (χ1) is 15.6. The third-order valence-electron chi connectivity index (χ3n) is 6.57. The van der Waals surface area contributed by atoms with Gasteiger partial charge >= 0.3 is 0 Å². The Morgan fingerprint density at radius 3 is 2.84 bits per heavy atom. The van der Waals surface area contributed by atoms with Crippen molar-refractivity contribution in [3.8, 4) is 11.5 Å².